The Morgan fingerprint density at radius 2 is 2.00 bits per heavy atom. The summed E-state index contributed by atoms with van der Waals surface area (Å²) >= 11 is 0. The van der Waals surface area contributed by atoms with Crippen molar-refractivity contribution in [2.24, 2.45) is 5.92 Å². The van der Waals surface area contributed by atoms with Gasteiger partial charge in [0.1, 0.15) is 23.5 Å². The second kappa shape index (κ2) is 7.67. The van der Waals surface area contributed by atoms with Gasteiger partial charge in [0.05, 0.1) is 24.8 Å². The number of esters is 1. The first-order chi connectivity index (χ1) is 12.0. The molecule has 2 rings (SSSR count). The lowest BCUT2D eigenvalue weighted by Crippen LogP contribution is -2.47. The molecule has 1 N–H and O–H groups in total. The number of aromatic nitrogens is 4. The van der Waals surface area contributed by atoms with Gasteiger partial charge in [-0.15, -0.1) is 0 Å². The molecule has 0 saturated heterocycles. The van der Waals surface area contributed by atoms with E-state index in [-0.39, 0.29) is 18.2 Å². The molecule has 26 heavy (non-hydrogen) atoms. The van der Waals surface area contributed by atoms with Gasteiger partial charge in [-0.3, -0.25) is 4.79 Å². The minimum Gasteiger partial charge on any atom is -0.459 e. The summed E-state index contributed by atoms with van der Waals surface area (Å²) in [5.41, 5.74) is 0.329. The first-order valence-electron chi connectivity index (χ1n) is 8.30. The Labute approximate surface area is 153 Å². The highest BCUT2D eigenvalue weighted by Crippen LogP contribution is 2.13. The summed E-state index contributed by atoms with van der Waals surface area (Å²) in [6.45, 7) is 8.78. The van der Waals surface area contributed by atoms with Crippen LogP contribution in [0, 0.1) is 5.92 Å². The van der Waals surface area contributed by atoms with E-state index >= 15 is 0 Å². The Morgan fingerprint density at radius 3 is 2.62 bits per heavy atom. The maximum absolute atomic E-state index is 12.6. The summed E-state index contributed by atoms with van der Waals surface area (Å²) in [5, 5.41) is 0. The molecule has 0 saturated carbocycles. The minimum atomic E-state index is -3.65. The molecule has 0 radical (unpaired) electrons. The first kappa shape index (κ1) is 20.2. The van der Waals surface area contributed by atoms with Crippen molar-refractivity contribution in [2.75, 3.05) is 5.75 Å². The van der Waals surface area contributed by atoms with Gasteiger partial charge in [-0.2, -0.15) is 4.72 Å². The zero-order valence-electron chi connectivity index (χ0n) is 15.6. The highest BCUT2D eigenvalue weighted by atomic mass is 32.2. The summed E-state index contributed by atoms with van der Waals surface area (Å²) in [6, 6.07) is -1.09. The summed E-state index contributed by atoms with van der Waals surface area (Å²) < 4.78 is 34.1. The summed E-state index contributed by atoms with van der Waals surface area (Å²) in [7, 11) is -3.65. The number of hydrogen-bond donors (Lipinski definition) is 1. The van der Waals surface area contributed by atoms with Gasteiger partial charge in [-0.25, -0.2) is 23.4 Å². The molecule has 1 atom stereocenters. The van der Waals surface area contributed by atoms with Gasteiger partial charge >= 0.3 is 5.97 Å². The minimum absolute atomic E-state index is 0.0136. The number of nitrogens with zero attached hydrogens (tertiary/aromatic N) is 4. The number of nitrogens with one attached hydrogen (secondary N) is 1. The Balaban J connectivity index is 2.29. The second-order valence-electron chi connectivity index (χ2n) is 7.51. The van der Waals surface area contributed by atoms with Crippen LogP contribution in [0.5, 0.6) is 0 Å². The van der Waals surface area contributed by atoms with Crippen LogP contribution in [0.25, 0.3) is 11.2 Å². The summed E-state index contributed by atoms with van der Waals surface area (Å²) in [6.07, 6.45) is 4.41. The maximum Gasteiger partial charge on any atom is 0.326 e. The molecule has 144 valence electrons. The van der Waals surface area contributed by atoms with Crippen LogP contribution in [0.4, 0.5) is 0 Å². The van der Waals surface area contributed by atoms with Crippen LogP contribution in [0.3, 0.4) is 0 Å². The van der Waals surface area contributed by atoms with Crippen LogP contribution < -0.4 is 4.72 Å². The van der Waals surface area contributed by atoms with Crippen LogP contribution in [-0.2, 0) is 26.1 Å². The first-order valence-corrected chi connectivity index (χ1v) is 9.96. The fourth-order valence-corrected chi connectivity index (χ4v) is 3.96. The van der Waals surface area contributed by atoms with Crippen molar-refractivity contribution in [2.45, 2.75) is 52.8 Å². The van der Waals surface area contributed by atoms with Gasteiger partial charge in [-0.05, 0) is 26.7 Å². The van der Waals surface area contributed by atoms with Gasteiger partial charge in [0.2, 0.25) is 10.0 Å². The van der Waals surface area contributed by atoms with Crippen molar-refractivity contribution in [1.29, 1.82) is 0 Å². The van der Waals surface area contributed by atoms with Crippen LogP contribution in [0.1, 0.15) is 34.6 Å². The standard InChI is InChI=1S/C16H25N5O4S/c1-11(2)8-26(23,24)20-13(15(22)25-16(3,4)5)7-21-10-19-12-6-17-9-18-14(12)21/h6,9-11,13,20H,7-8H2,1-5H3/t13-/m0/s1. The molecular weight excluding hydrogens is 358 g/mol. The van der Waals surface area contributed by atoms with Gasteiger partial charge in [0, 0.05) is 0 Å². The predicted octanol–water partition coefficient (Wildman–Crippen LogP) is 1.11. The van der Waals surface area contributed by atoms with E-state index in [0.29, 0.717) is 11.2 Å². The normalized spacial score (nSPS) is 13.9. The van der Waals surface area contributed by atoms with Crippen LogP contribution in [0.15, 0.2) is 18.9 Å². The number of carbonyl (C=O) groups excluding carboxylic acids is 1. The molecule has 0 amide bonds. The number of rotatable bonds is 7. The number of imidazole rings is 1. The maximum atomic E-state index is 12.6. The van der Waals surface area contributed by atoms with E-state index in [1.807, 2.05) is 0 Å². The Bertz CT molecular complexity index is 870. The quantitative estimate of drug-likeness (QED) is 0.712. The number of fused-ring (bicyclic) bond motifs is 1. The average Bonchev–Trinajstić information content (AvgIpc) is 2.86. The highest BCUT2D eigenvalue weighted by Gasteiger charge is 2.30. The van der Waals surface area contributed by atoms with Crippen molar-refractivity contribution in [3.05, 3.63) is 18.9 Å². The number of hydrogen-bond acceptors (Lipinski definition) is 7. The van der Waals surface area contributed by atoms with E-state index in [1.165, 1.54) is 12.7 Å². The molecule has 0 aliphatic rings. The van der Waals surface area contributed by atoms with Gasteiger partial charge < -0.3 is 9.30 Å². The molecule has 9 nitrogen and oxygen atoms in total. The number of sulfonamides is 1. The zero-order chi connectivity index (χ0) is 19.5. The van der Waals surface area contributed by atoms with Crippen LogP contribution in [-0.4, -0.2) is 51.3 Å². The molecule has 0 fully saturated rings. The third-order valence-corrected chi connectivity index (χ3v) is 4.98. The third kappa shape index (κ3) is 5.73. The van der Waals surface area contributed by atoms with Crippen LogP contribution >= 0.6 is 0 Å². The Hall–Kier alpha value is -2.07. The zero-order valence-corrected chi connectivity index (χ0v) is 16.4. The SMILES string of the molecule is CC(C)CS(=O)(=O)N[C@@H](Cn1cnc2cncnc21)C(=O)OC(C)(C)C. The van der Waals surface area contributed by atoms with Gasteiger partial charge in [0.15, 0.2) is 5.65 Å². The van der Waals surface area contributed by atoms with Crippen molar-refractivity contribution < 1.29 is 17.9 Å². The lowest BCUT2D eigenvalue weighted by molar-refractivity contribution is -0.157. The van der Waals surface area contributed by atoms with E-state index in [4.69, 9.17) is 4.74 Å². The molecular formula is C16H25N5O4S. The van der Waals surface area contributed by atoms with E-state index in [2.05, 4.69) is 19.7 Å². The lowest BCUT2D eigenvalue weighted by atomic mass is 10.2. The van der Waals surface area contributed by atoms with Crippen molar-refractivity contribution in [1.82, 2.24) is 24.2 Å². The topological polar surface area (TPSA) is 116 Å². The molecule has 2 heterocycles. The largest absolute Gasteiger partial charge is 0.459 e. The average molecular weight is 383 g/mol. The Morgan fingerprint density at radius 1 is 1.31 bits per heavy atom. The smallest absolute Gasteiger partial charge is 0.326 e. The number of ether oxygens (including phenoxy) is 1. The molecule has 10 heteroatoms. The van der Waals surface area contributed by atoms with Crippen molar-refractivity contribution in [3.8, 4) is 0 Å². The fourth-order valence-electron chi connectivity index (χ4n) is 2.38. The predicted molar refractivity (Wildman–Crippen MR) is 96.7 cm³/mol. The molecule has 0 aliphatic carbocycles. The summed E-state index contributed by atoms with van der Waals surface area (Å²) in [5.74, 6) is -0.812. The van der Waals surface area contributed by atoms with Gasteiger partial charge in [0.25, 0.3) is 0 Å². The highest BCUT2D eigenvalue weighted by molar-refractivity contribution is 7.89. The fraction of sp³-hybridized carbons (Fsp3) is 0.625. The molecule has 0 bridgehead atoms. The van der Waals surface area contributed by atoms with E-state index < -0.39 is 27.6 Å². The molecule has 0 spiro atoms. The third-order valence-electron chi connectivity index (χ3n) is 3.23. The second-order valence-corrected chi connectivity index (χ2v) is 9.31. The van der Waals surface area contributed by atoms with Crippen molar-refractivity contribution >= 4 is 27.2 Å². The lowest BCUT2D eigenvalue weighted by Gasteiger charge is -2.25. The summed E-state index contributed by atoms with van der Waals surface area (Å²) in [4.78, 5) is 24.8. The van der Waals surface area contributed by atoms with Gasteiger partial charge in [-0.1, -0.05) is 13.8 Å². The number of carbonyl (C=O) groups is 1. The van der Waals surface area contributed by atoms with Crippen molar-refractivity contribution in [3.63, 3.8) is 0 Å². The molecule has 0 aliphatic heterocycles. The monoisotopic (exact) mass is 383 g/mol. The van der Waals surface area contributed by atoms with Crippen LogP contribution in [0.2, 0.25) is 0 Å². The molecule has 0 unspecified atom stereocenters. The van der Waals surface area contributed by atoms with E-state index in [9.17, 15) is 13.2 Å². The molecule has 2 aromatic rings. The molecule has 0 aromatic carbocycles. The van der Waals surface area contributed by atoms with E-state index in [0.717, 1.165) is 0 Å². The Kier molecular flexibility index (Phi) is 5.97. The van der Waals surface area contributed by atoms with E-state index in [1.54, 1.807) is 45.4 Å². The molecule has 2 aromatic heterocycles.